The fraction of sp³-hybridized carbons (Fsp3) is 0.200. The summed E-state index contributed by atoms with van der Waals surface area (Å²) in [6.45, 7) is 0. The minimum Gasteiger partial charge on any atom is -0.467 e. The highest BCUT2D eigenvalue weighted by atomic mass is 35.5. The van der Waals surface area contributed by atoms with E-state index in [-0.39, 0.29) is 5.56 Å². The molecule has 0 radical (unpaired) electrons. The van der Waals surface area contributed by atoms with Gasteiger partial charge in [0.15, 0.2) is 0 Å². The lowest BCUT2D eigenvalue weighted by atomic mass is 10.1. The highest BCUT2D eigenvalue weighted by Crippen LogP contribution is 2.12. The molecule has 1 aromatic rings. The lowest BCUT2D eigenvalue weighted by molar-refractivity contribution is -0.140. The number of Topliss-reactive ketones (excluding diaryl/α,β-unsaturated/α-hetero) is 1. The molecule has 1 atom stereocenters. The van der Waals surface area contributed by atoms with E-state index >= 15 is 0 Å². The first-order chi connectivity index (χ1) is 7.60. The molecule has 0 aliphatic rings. The van der Waals surface area contributed by atoms with E-state index in [1.807, 2.05) is 0 Å². The predicted octanol–water partition coefficient (Wildman–Crippen LogP) is 1.83. The average Bonchev–Trinajstić information content (AvgIpc) is 2.30. The van der Waals surface area contributed by atoms with Crippen LogP contribution in [0.2, 0.25) is 5.02 Å². The molecule has 0 fully saturated rings. The zero-order chi connectivity index (χ0) is 12.1. The second-order valence-corrected chi connectivity index (χ2v) is 3.34. The van der Waals surface area contributed by atoms with Gasteiger partial charge in [0, 0.05) is 10.6 Å². The summed E-state index contributed by atoms with van der Waals surface area (Å²) in [5, 5.41) is 2.90. The highest BCUT2D eigenvalue weighted by Gasteiger charge is 2.29. The Bertz CT molecular complexity index is 415. The van der Waals surface area contributed by atoms with Gasteiger partial charge < -0.3 is 4.74 Å². The molecule has 0 aliphatic carbocycles. The standard InChI is InChI=1S/C10H8ClNO4/c1-16-10(14)8(12-15)9(13)6-2-4-7(11)5-3-6/h2-5,8H,1H3. The Labute approximate surface area is 96.3 Å². The van der Waals surface area contributed by atoms with Gasteiger partial charge in [0.1, 0.15) is 0 Å². The summed E-state index contributed by atoms with van der Waals surface area (Å²) in [6, 6.07) is 4.12. The van der Waals surface area contributed by atoms with Crippen LogP contribution in [0.5, 0.6) is 0 Å². The predicted molar refractivity (Wildman–Crippen MR) is 57.4 cm³/mol. The number of nitroso groups, excluding NO2 is 1. The van der Waals surface area contributed by atoms with Crippen molar-refractivity contribution in [2.75, 3.05) is 7.11 Å². The fourth-order valence-electron chi connectivity index (χ4n) is 1.08. The molecule has 1 unspecified atom stereocenters. The molecule has 0 saturated carbocycles. The quantitative estimate of drug-likeness (QED) is 0.349. The molecular formula is C10H8ClNO4. The van der Waals surface area contributed by atoms with Crippen molar-refractivity contribution in [1.29, 1.82) is 0 Å². The van der Waals surface area contributed by atoms with Gasteiger partial charge >= 0.3 is 5.97 Å². The van der Waals surface area contributed by atoms with Crippen LogP contribution in [0.1, 0.15) is 10.4 Å². The van der Waals surface area contributed by atoms with Crippen molar-refractivity contribution in [2.24, 2.45) is 5.18 Å². The molecular weight excluding hydrogens is 234 g/mol. The van der Waals surface area contributed by atoms with Gasteiger partial charge in [0.25, 0.3) is 6.04 Å². The second-order valence-electron chi connectivity index (χ2n) is 2.90. The topological polar surface area (TPSA) is 72.8 Å². The third-order valence-electron chi connectivity index (χ3n) is 1.91. The number of halogens is 1. The van der Waals surface area contributed by atoms with Gasteiger partial charge in [-0.15, -0.1) is 4.91 Å². The summed E-state index contributed by atoms with van der Waals surface area (Å²) in [5.41, 5.74) is 0.180. The van der Waals surface area contributed by atoms with Crippen molar-refractivity contribution < 1.29 is 14.3 Å². The van der Waals surface area contributed by atoms with Crippen molar-refractivity contribution in [1.82, 2.24) is 0 Å². The maximum atomic E-state index is 11.6. The van der Waals surface area contributed by atoms with E-state index < -0.39 is 17.8 Å². The Morgan fingerprint density at radius 2 is 1.88 bits per heavy atom. The molecule has 0 bridgehead atoms. The molecule has 0 saturated heterocycles. The third kappa shape index (κ3) is 2.64. The first-order valence-electron chi connectivity index (χ1n) is 4.30. The molecule has 0 amide bonds. The zero-order valence-electron chi connectivity index (χ0n) is 8.34. The Morgan fingerprint density at radius 1 is 1.31 bits per heavy atom. The zero-order valence-corrected chi connectivity index (χ0v) is 9.10. The van der Waals surface area contributed by atoms with Gasteiger partial charge in [-0.3, -0.25) is 4.79 Å². The first-order valence-corrected chi connectivity index (χ1v) is 4.68. The van der Waals surface area contributed by atoms with E-state index in [2.05, 4.69) is 9.91 Å². The average molecular weight is 242 g/mol. The first kappa shape index (κ1) is 12.3. The van der Waals surface area contributed by atoms with Crippen LogP contribution in [-0.2, 0) is 9.53 Å². The largest absolute Gasteiger partial charge is 0.467 e. The van der Waals surface area contributed by atoms with E-state index in [1.54, 1.807) is 0 Å². The molecule has 0 aromatic heterocycles. The molecule has 84 valence electrons. The summed E-state index contributed by atoms with van der Waals surface area (Å²) in [4.78, 5) is 33.1. The number of ketones is 1. The number of benzene rings is 1. The highest BCUT2D eigenvalue weighted by molar-refractivity contribution is 6.30. The van der Waals surface area contributed by atoms with Crippen molar-refractivity contribution in [3.63, 3.8) is 0 Å². The summed E-state index contributed by atoms with van der Waals surface area (Å²) in [5.74, 6) is -1.69. The van der Waals surface area contributed by atoms with Crippen LogP contribution in [-0.4, -0.2) is 24.9 Å². The fourth-order valence-corrected chi connectivity index (χ4v) is 1.21. The molecule has 0 aliphatic heterocycles. The van der Waals surface area contributed by atoms with Crippen molar-refractivity contribution in [3.8, 4) is 0 Å². The second kappa shape index (κ2) is 5.37. The van der Waals surface area contributed by atoms with Crippen LogP contribution in [0.25, 0.3) is 0 Å². The van der Waals surface area contributed by atoms with E-state index in [4.69, 9.17) is 11.6 Å². The number of nitrogens with zero attached hydrogens (tertiary/aromatic N) is 1. The van der Waals surface area contributed by atoms with E-state index in [1.165, 1.54) is 24.3 Å². The van der Waals surface area contributed by atoms with Crippen LogP contribution >= 0.6 is 11.6 Å². The summed E-state index contributed by atoms with van der Waals surface area (Å²) < 4.78 is 4.29. The number of hydrogen-bond acceptors (Lipinski definition) is 5. The summed E-state index contributed by atoms with van der Waals surface area (Å²) in [7, 11) is 1.08. The Hall–Kier alpha value is -1.75. The Kier molecular flexibility index (Phi) is 4.13. The van der Waals surface area contributed by atoms with Gasteiger partial charge in [-0.05, 0) is 29.4 Å². The van der Waals surface area contributed by atoms with Crippen LogP contribution < -0.4 is 0 Å². The van der Waals surface area contributed by atoms with E-state index in [9.17, 15) is 14.5 Å². The lowest BCUT2D eigenvalue weighted by Gasteiger charge is -2.05. The summed E-state index contributed by atoms with van der Waals surface area (Å²) in [6.07, 6.45) is 0. The van der Waals surface area contributed by atoms with Gasteiger partial charge in [-0.2, -0.15) is 0 Å². The number of hydrogen-bond donors (Lipinski definition) is 0. The monoisotopic (exact) mass is 241 g/mol. The van der Waals surface area contributed by atoms with Crippen LogP contribution in [0.15, 0.2) is 29.4 Å². The number of methoxy groups -OCH3 is 1. The third-order valence-corrected chi connectivity index (χ3v) is 2.16. The van der Waals surface area contributed by atoms with Gasteiger partial charge in [0.05, 0.1) is 7.11 Å². The van der Waals surface area contributed by atoms with Crippen molar-refractivity contribution >= 4 is 23.4 Å². The normalized spacial score (nSPS) is 11.6. The number of ether oxygens (including phenoxy) is 1. The Morgan fingerprint density at radius 3 is 2.31 bits per heavy atom. The number of esters is 1. The van der Waals surface area contributed by atoms with Crippen LogP contribution in [0.3, 0.4) is 0 Å². The van der Waals surface area contributed by atoms with E-state index in [0.29, 0.717) is 5.02 Å². The molecule has 1 aromatic carbocycles. The molecule has 5 nitrogen and oxygen atoms in total. The van der Waals surface area contributed by atoms with E-state index in [0.717, 1.165) is 7.11 Å². The molecule has 0 heterocycles. The molecule has 1 rings (SSSR count). The summed E-state index contributed by atoms with van der Waals surface area (Å²) >= 11 is 5.63. The minimum atomic E-state index is -1.66. The number of rotatable bonds is 4. The van der Waals surface area contributed by atoms with Gasteiger partial charge in [-0.1, -0.05) is 11.6 Å². The maximum Gasteiger partial charge on any atom is 0.342 e. The molecule has 6 heteroatoms. The van der Waals surface area contributed by atoms with Crippen molar-refractivity contribution in [2.45, 2.75) is 6.04 Å². The van der Waals surface area contributed by atoms with Crippen molar-refractivity contribution in [3.05, 3.63) is 39.8 Å². The number of carbonyl (C=O) groups is 2. The molecule has 16 heavy (non-hydrogen) atoms. The maximum absolute atomic E-state index is 11.6. The van der Waals surface area contributed by atoms with Gasteiger partial charge in [0.2, 0.25) is 5.78 Å². The SMILES string of the molecule is COC(=O)C(N=O)C(=O)c1ccc(Cl)cc1. The van der Waals surface area contributed by atoms with Gasteiger partial charge in [-0.25, -0.2) is 4.79 Å². The lowest BCUT2D eigenvalue weighted by Crippen LogP contribution is -2.29. The minimum absolute atomic E-state index is 0.180. The smallest absolute Gasteiger partial charge is 0.342 e. The van der Waals surface area contributed by atoms with Crippen LogP contribution in [0, 0.1) is 4.91 Å². The molecule has 0 spiro atoms. The van der Waals surface area contributed by atoms with Crippen LogP contribution in [0.4, 0.5) is 0 Å². The number of carbonyl (C=O) groups excluding carboxylic acids is 2. The Balaban J connectivity index is 2.95. The molecule has 0 N–H and O–H groups in total.